The Kier molecular flexibility index (Phi) is 6.48. The third-order valence-electron chi connectivity index (χ3n) is 4.55. The minimum absolute atomic E-state index is 0.133. The number of aromatic carboxylic acids is 1. The number of carboxylic acid groups (broad SMARTS) is 1. The number of fused-ring (bicyclic) bond motifs is 1. The van der Waals surface area contributed by atoms with Gasteiger partial charge >= 0.3 is 12.1 Å². The van der Waals surface area contributed by atoms with Crippen LogP contribution in [0.25, 0.3) is 6.08 Å². The van der Waals surface area contributed by atoms with Gasteiger partial charge in [-0.15, -0.1) is 0 Å². The molecule has 0 unspecified atom stereocenters. The Bertz CT molecular complexity index is 1050. The van der Waals surface area contributed by atoms with Gasteiger partial charge in [-0.3, -0.25) is 14.3 Å². The predicted octanol–water partition coefficient (Wildman–Crippen LogP) is 2.53. The van der Waals surface area contributed by atoms with Crippen LogP contribution < -0.4 is 5.32 Å². The first-order chi connectivity index (χ1) is 14.6. The fraction of sp³-hybridized carbons (Fsp3) is 0.263. The molecule has 0 bridgehead atoms. The molecule has 0 spiro atoms. The van der Waals surface area contributed by atoms with Gasteiger partial charge in [0, 0.05) is 12.6 Å². The van der Waals surface area contributed by atoms with E-state index in [1.54, 1.807) is 0 Å². The van der Waals surface area contributed by atoms with Crippen molar-refractivity contribution in [2.45, 2.75) is 19.3 Å². The van der Waals surface area contributed by atoms with Gasteiger partial charge in [0.25, 0.3) is 0 Å². The zero-order chi connectivity index (χ0) is 22.8. The van der Waals surface area contributed by atoms with Gasteiger partial charge in [-0.05, 0) is 39.7 Å². The number of carbonyl (C=O) groups is 3. The van der Waals surface area contributed by atoms with E-state index in [0.29, 0.717) is 28.8 Å². The Morgan fingerprint density at radius 3 is 2.48 bits per heavy atom. The van der Waals surface area contributed by atoms with Crippen LogP contribution in [0, 0.1) is 0 Å². The van der Waals surface area contributed by atoms with E-state index in [9.17, 15) is 27.6 Å². The molecule has 1 aromatic heterocycles. The largest absolute Gasteiger partial charge is 0.476 e. The zero-order valence-corrected chi connectivity index (χ0v) is 17.4. The molecule has 0 fully saturated rings. The monoisotopic (exact) mass is 500 g/mol. The number of halogens is 4. The summed E-state index contributed by atoms with van der Waals surface area (Å²) in [4.78, 5) is 36.9. The zero-order valence-electron chi connectivity index (χ0n) is 15.8. The lowest BCUT2D eigenvalue weighted by Crippen LogP contribution is -2.43. The molecule has 2 aromatic rings. The highest BCUT2D eigenvalue weighted by molar-refractivity contribution is 9.10. The van der Waals surface area contributed by atoms with Gasteiger partial charge in [0.2, 0.25) is 11.8 Å². The summed E-state index contributed by atoms with van der Waals surface area (Å²) >= 11 is 3.19. The number of benzene rings is 1. The Balaban J connectivity index is 1.53. The van der Waals surface area contributed by atoms with Crippen molar-refractivity contribution in [2.24, 2.45) is 0 Å². The molecule has 1 aromatic carbocycles. The quantitative estimate of drug-likeness (QED) is 0.613. The molecule has 2 amide bonds. The van der Waals surface area contributed by atoms with Crippen molar-refractivity contribution >= 4 is 39.8 Å². The molecule has 0 saturated heterocycles. The van der Waals surface area contributed by atoms with Crippen molar-refractivity contribution in [1.82, 2.24) is 20.0 Å². The summed E-state index contributed by atoms with van der Waals surface area (Å²) < 4.78 is 39.5. The molecular weight excluding hydrogens is 485 g/mol. The maximum atomic E-state index is 12.6. The minimum Gasteiger partial charge on any atom is -0.476 e. The standard InChI is InChI=1S/C19H16BrF3N4O4/c20-16-13-10-26(7-8-27(13)25-17(16)18(30)31)15(29)9-24-14(28)6-3-11-1-4-12(5-2-11)19(21,22)23/h1-6H,7-10H2,(H,24,28)(H,30,31)/b6-3+. The second-order valence-corrected chi connectivity index (χ2v) is 7.42. The lowest BCUT2D eigenvalue weighted by Gasteiger charge is -2.28. The van der Waals surface area contributed by atoms with Gasteiger partial charge in [-0.2, -0.15) is 18.3 Å². The molecule has 0 aliphatic carbocycles. The SMILES string of the molecule is O=C(/C=C/c1ccc(C(F)(F)F)cc1)NCC(=O)N1CCn2nc(C(=O)O)c(Br)c2C1. The van der Waals surface area contributed by atoms with E-state index >= 15 is 0 Å². The first-order valence-electron chi connectivity index (χ1n) is 8.95. The van der Waals surface area contributed by atoms with Gasteiger partial charge in [0.05, 0.1) is 35.4 Å². The van der Waals surface area contributed by atoms with E-state index in [2.05, 4.69) is 26.3 Å². The van der Waals surface area contributed by atoms with E-state index in [1.807, 2.05) is 0 Å². The number of alkyl halides is 3. The van der Waals surface area contributed by atoms with Gasteiger partial charge in [-0.1, -0.05) is 12.1 Å². The van der Waals surface area contributed by atoms with Crippen LogP contribution in [0.5, 0.6) is 0 Å². The van der Waals surface area contributed by atoms with Gasteiger partial charge in [-0.25, -0.2) is 4.79 Å². The number of aromatic nitrogens is 2. The fourth-order valence-electron chi connectivity index (χ4n) is 2.92. The maximum Gasteiger partial charge on any atom is 0.416 e. The second-order valence-electron chi connectivity index (χ2n) is 6.62. The molecule has 0 saturated carbocycles. The summed E-state index contributed by atoms with van der Waals surface area (Å²) in [7, 11) is 0. The molecule has 1 aliphatic heterocycles. The average Bonchev–Trinajstić information content (AvgIpc) is 3.06. The average molecular weight is 501 g/mol. The van der Waals surface area contributed by atoms with Crippen molar-refractivity contribution in [2.75, 3.05) is 13.1 Å². The van der Waals surface area contributed by atoms with E-state index in [4.69, 9.17) is 5.11 Å². The van der Waals surface area contributed by atoms with Crippen LogP contribution in [-0.4, -0.2) is 50.7 Å². The third kappa shape index (κ3) is 5.32. The maximum absolute atomic E-state index is 12.6. The first-order valence-corrected chi connectivity index (χ1v) is 9.75. The fourth-order valence-corrected chi connectivity index (χ4v) is 3.50. The first kappa shape index (κ1) is 22.5. The number of carboxylic acids is 1. The Labute approximate surface area is 182 Å². The summed E-state index contributed by atoms with van der Waals surface area (Å²) in [5, 5.41) is 15.5. The smallest absolute Gasteiger partial charge is 0.416 e. The molecule has 1 aliphatic rings. The summed E-state index contributed by atoms with van der Waals surface area (Å²) in [6.45, 7) is 0.468. The highest BCUT2D eigenvalue weighted by Gasteiger charge is 2.30. The van der Waals surface area contributed by atoms with Crippen molar-refractivity contribution in [1.29, 1.82) is 0 Å². The number of nitrogens with one attached hydrogen (secondary N) is 1. The molecule has 0 radical (unpaired) electrons. The molecule has 3 rings (SSSR count). The number of rotatable bonds is 5. The van der Waals surface area contributed by atoms with Crippen LogP contribution in [0.1, 0.15) is 27.3 Å². The molecule has 12 heteroatoms. The number of amides is 2. The van der Waals surface area contributed by atoms with E-state index in [1.165, 1.54) is 27.8 Å². The van der Waals surface area contributed by atoms with Crippen molar-refractivity contribution < 1.29 is 32.7 Å². The normalized spacial score (nSPS) is 13.9. The number of nitrogens with zero attached hydrogens (tertiary/aromatic N) is 3. The van der Waals surface area contributed by atoms with Crippen LogP contribution in [-0.2, 0) is 28.9 Å². The molecule has 31 heavy (non-hydrogen) atoms. The Hall–Kier alpha value is -3.15. The van der Waals surface area contributed by atoms with Gasteiger partial charge in [0.15, 0.2) is 5.69 Å². The third-order valence-corrected chi connectivity index (χ3v) is 5.38. The van der Waals surface area contributed by atoms with Crippen molar-refractivity contribution in [3.05, 3.63) is 57.3 Å². The molecule has 8 nitrogen and oxygen atoms in total. The summed E-state index contributed by atoms with van der Waals surface area (Å²) in [5.74, 6) is -2.13. The van der Waals surface area contributed by atoms with E-state index in [-0.39, 0.29) is 24.7 Å². The summed E-state index contributed by atoms with van der Waals surface area (Å²) in [6.07, 6.45) is -1.97. The Morgan fingerprint density at radius 2 is 1.87 bits per heavy atom. The summed E-state index contributed by atoms with van der Waals surface area (Å²) in [5.41, 5.74) is 0.0269. The molecule has 2 N–H and O–H groups in total. The van der Waals surface area contributed by atoms with Crippen molar-refractivity contribution in [3.8, 4) is 0 Å². The number of hydrogen-bond donors (Lipinski definition) is 2. The Morgan fingerprint density at radius 1 is 1.19 bits per heavy atom. The van der Waals surface area contributed by atoms with E-state index in [0.717, 1.165) is 18.2 Å². The van der Waals surface area contributed by atoms with Gasteiger partial charge < -0.3 is 15.3 Å². The van der Waals surface area contributed by atoms with Crippen LogP contribution in [0.15, 0.2) is 34.8 Å². The molecule has 2 heterocycles. The molecule has 164 valence electrons. The highest BCUT2D eigenvalue weighted by atomic mass is 79.9. The summed E-state index contributed by atoms with van der Waals surface area (Å²) in [6, 6.07) is 4.29. The second kappa shape index (κ2) is 8.92. The number of carbonyl (C=O) groups excluding carboxylic acids is 2. The lowest BCUT2D eigenvalue weighted by molar-refractivity contribution is -0.137. The van der Waals surface area contributed by atoms with Crippen LogP contribution in [0.3, 0.4) is 0 Å². The molecule has 0 atom stereocenters. The van der Waals surface area contributed by atoms with E-state index < -0.39 is 23.6 Å². The number of hydrogen-bond acceptors (Lipinski definition) is 4. The van der Waals surface area contributed by atoms with Crippen LogP contribution in [0.4, 0.5) is 13.2 Å². The highest BCUT2D eigenvalue weighted by Crippen LogP contribution is 2.29. The predicted molar refractivity (Wildman–Crippen MR) is 106 cm³/mol. The topological polar surface area (TPSA) is 105 Å². The van der Waals surface area contributed by atoms with Gasteiger partial charge in [0.1, 0.15) is 0 Å². The van der Waals surface area contributed by atoms with Crippen molar-refractivity contribution in [3.63, 3.8) is 0 Å². The molecular formula is C19H16BrF3N4O4. The van der Waals surface area contributed by atoms with Crippen LogP contribution >= 0.6 is 15.9 Å². The lowest BCUT2D eigenvalue weighted by atomic mass is 10.1. The minimum atomic E-state index is -4.43. The van der Waals surface area contributed by atoms with Crippen LogP contribution in [0.2, 0.25) is 0 Å².